The summed E-state index contributed by atoms with van der Waals surface area (Å²) >= 11 is 6.74. The summed E-state index contributed by atoms with van der Waals surface area (Å²) in [6, 6.07) is 10.9. The molecule has 12 heteroatoms. The summed E-state index contributed by atoms with van der Waals surface area (Å²) < 4.78 is 12.8. The lowest BCUT2D eigenvalue weighted by Crippen LogP contribution is -2.43. The largest absolute Gasteiger partial charge is 0.483 e. The molecule has 0 aliphatic carbocycles. The highest BCUT2D eigenvalue weighted by Gasteiger charge is 2.09. The summed E-state index contributed by atoms with van der Waals surface area (Å²) in [6.07, 6.45) is 4.38. The Morgan fingerprint density at radius 2 is 0.949 bits per heavy atom. The van der Waals surface area contributed by atoms with Gasteiger partial charge in [0.15, 0.2) is 13.2 Å². The van der Waals surface area contributed by atoms with Crippen molar-refractivity contribution < 1.29 is 28.7 Å². The second kappa shape index (κ2) is 17.5. The van der Waals surface area contributed by atoms with Crippen molar-refractivity contribution >= 4 is 55.5 Å². The van der Waals surface area contributed by atoms with Gasteiger partial charge in [0.25, 0.3) is 11.8 Å². The molecule has 0 aliphatic heterocycles. The van der Waals surface area contributed by atoms with Gasteiger partial charge in [-0.05, 0) is 74.2 Å². The first kappa shape index (κ1) is 32.1. The smallest absolute Gasteiger partial charge is 0.276 e. The van der Waals surface area contributed by atoms with E-state index in [4.69, 9.17) is 9.47 Å². The molecule has 2 rings (SSSR count). The molecule has 0 spiro atoms. The molecule has 212 valence electrons. The zero-order valence-electron chi connectivity index (χ0n) is 22.0. The Labute approximate surface area is 245 Å². The van der Waals surface area contributed by atoms with Gasteiger partial charge in [-0.15, -0.1) is 0 Å². The first-order chi connectivity index (χ1) is 18.6. The highest BCUT2D eigenvalue weighted by Crippen LogP contribution is 2.22. The lowest BCUT2D eigenvalue weighted by molar-refractivity contribution is -0.130. The minimum atomic E-state index is -0.452. The lowest BCUT2D eigenvalue weighted by Gasteiger charge is -2.11. The summed E-state index contributed by atoms with van der Waals surface area (Å²) in [5, 5.41) is 0. The number of carbonyl (C=O) groups is 4. The molecular weight excluding hydrogens is 636 g/mol. The minimum Gasteiger partial charge on any atom is -0.483 e. The summed E-state index contributed by atoms with van der Waals surface area (Å²) in [5.74, 6) is -0.270. The van der Waals surface area contributed by atoms with E-state index in [1.165, 1.54) is 0 Å². The van der Waals surface area contributed by atoms with Gasteiger partial charge in [0.2, 0.25) is 11.8 Å². The van der Waals surface area contributed by atoms with Gasteiger partial charge in [-0.3, -0.25) is 40.9 Å². The van der Waals surface area contributed by atoms with E-state index in [0.717, 1.165) is 39.3 Å². The number of carbonyl (C=O) groups excluding carboxylic acids is 4. The van der Waals surface area contributed by atoms with E-state index in [1.54, 1.807) is 12.1 Å². The normalized spacial score (nSPS) is 10.4. The highest BCUT2D eigenvalue weighted by molar-refractivity contribution is 9.10. The number of hydrogen-bond acceptors (Lipinski definition) is 6. The maximum Gasteiger partial charge on any atom is 0.276 e. The summed E-state index contributed by atoms with van der Waals surface area (Å²) in [6.45, 7) is 3.33. The SMILES string of the molecule is Cc1cc(Br)ccc1OCC(=O)NNC(=O)CCCCCCCC(=O)NNC(=O)COc1ccc(Br)cc1C. The predicted octanol–water partition coefficient (Wildman–Crippen LogP) is 4.31. The van der Waals surface area contributed by atoms with E-state index < -0.39 is 11.8 Å². The first-order valence-corrected chi connectivity index (χ1v) is 14.2. The quantitative estimate of drug-likeness (QED) is 0.175. The van der Waals surface area contributed by atoms with Gasteiger partial charge < -0.3 is 9.47 Å². The fourth-order valence-electron chi connectivity index (χ4n) is 3.41. The summed E-state index contributed by atoms with van der Waals surface area (Å²) in [4.78, 5) is 47.6. The van der Waals surface area contributed by atoms with Crippen molar-refractivity contribution in [3.8, 4) is 11.5 Å². The Bertz CT molecular complexity index is 1060. The molecule has 10 nitrogen and oxygen atoms in total. The summed E-state index contributed by atoms with van der Waals surface area (Å²) in [5.41, 5.74) is 11.2. The Kier molecular flexibility index (Phi) is 14.4. The van der Waals surface area contributed by atoms with Crippen LogP contribution in [-0.4, -0.2) is 36.8 Å². The van der Waals surface area contributed by atoms with Crippen LogP contribution in [0, 0.1) is 13.8 Å². The van der Waals surface area contributed by atoms with Crippen molar-refractivity contribution in [3.63, 3.8) is 0 Å². The number of nitrogens with one attached hydrogen (secondary N) is 4. The number of amides is 4. The third kappa shape index (κ3) is 13.5. The van der Waals surface area contributed by atoms with Gasteiger partial charge in [0.1, 0.15) is 11.5 Å². The zero-order valence-corrected chi connectivity index (χ0v) is 25.2. The molecule has 0 heterocycles. The first-order valence-electron chi connectivity index (χ1n) is 12.6. The van der Waals surface area contributed by atoms with Crippen molar-refractivity contribution in [2.75, 3.05) is 13.2 Å². The molecular formula is C27H34Br2N4O6. The van der Waals surface area contributed by atoms with E-state index in [0.29, 0.717) is 24.3 Å². The van der Waals surface area contributed by atoms with Crippen molar-refractivity contribution in [1.29, 1.82) is 0 Å². The molecule has 0 fully saturated rings. The lowest BCUT2D eigenvalue weighted by atomic mass is 10.1. The predicted molar refractivity (Wildman–Crippen MR) is 154 cm³/mol. The Morgan fingerprint density at radius 1 is 0.590 bits per heavy atom. The molecule has 4 N–H and O–H groups in total. The molecule has 0 aromatic heterocycles. The van der Waals surface area contributed by atoms with Crippen LogP contribution >= 0.6 is 31.9 Å². The van der Waals surface area contributed by atoms with Gasteiger partial charge in [-0.1, -0.05) is 51.1 Å². The number of rotatable bonds is 14. The number of ether oxygens (including phenoxy) is 2. The second-order valence-corrected chi connectivity index (χ2v) is 10.7. The van der Waals surface area contributed by atoms with Crippen molar-refractivity contribution in [2.24, 2.45) is 0 Å². The molecule has 2 aromatic carbocycles. The third-order valence-corrected chi connectivity index (χ3v) is 6.47. The van der Waals surface area contributed by atoms with Crippen LogP contribution in [0.4, 0.5) is 0 Å². The van der Waals surface area contributed by atoms with Crippen LogP contribution in [0.3, 0.4) is 0 Å². The third-order valence-electron chi connectivity index (χ3n) is 5.48. The molecule has 0 unspecified atom stereocenters. The summed E-state index contributed by atoms with van der Waals surface area (Å²) in [7, 11) is 0. The Balaban J connectivity index is 1.44. The second-order valence-electron chi connectivity index (χ2n) is 8.86. The average molecular weight is 670 g/mol. The fourth-order valence-corrected chi connectivity index (χ4v) is 4.36. The fraction of sp³-hybridized carbons (Fsp3) is 0.407. The molecule has 0 saturated carbocycles. The molecule has 0 aliphatic rings. The monoisotopic (exact) mass is 668 g/mol. The molecule has 0 radical (unpaired) electrons. The van der Waals surface area contributed by atoms with E-state index in [9.17, 15) is 19.2 Å². The van der Waals surface area contributed by atoms with E-state index >= 15 is 0 Å². The van der Waals surface area contributed by atoms with Gasteiger partial charge in [-0.2, -0.15) is 0 Å². The van der Waals surface area contributed by atoms with Crippen LogP contribution in [0.15, 0.2) is 45.3 Å². The van der Waals surface area contributed by atoms with Crippen LogP contribution in [-0.2, 0) is 19.2 Å². The van der Waals surface area contributed by atoms with Gasteiger partial charge in [-0.25, -0.2) is 0 Å². The van der Waals surface area contributed by atoms with Crippen molar-refractivity contribution in [3.05, 3.63) is 56.5 Å². The molecule has 4 amide bonds. The number of halogens is 2. The topological polar surface area (TPSA) is 135 Å². The maximum absolute atomic E-state index is 11.9. The average Bonchev–Trinajstić information content (AvgIpc) is 2.89. The molecule has 0 bridgehead atoms. The standard InChI is InChI=1S/C27H34Br2N4O6/c1-18-14-20(28)10-12-22(18)38-16-26(36)32-30-24(34)8-6-4-3-5-7-9-25(35)31-33-27(37)17-39-23-13-11-21(29)15-19(23)2/h10-15H,3-9,16-17H2,1-2H3,(H,30,34)(H,31,35)(H,32,36)(H,33,37). The molecule has 0 saturated heterocycles. The van der Waals surface area contributed by atoms with Gasteiger partial charge in [0, 0.05) is 21.8 Å². The number of benzene rings is 2. The highest BCUT2D eigenvalue weighted by atomic mass is 79.9. The van der Waals surface area contributed by atoms with Crippen LogP contribution in [0.1, 0.15) is 56.1 Å². The van der Waals surface area contributed by atoms with Crippen LogP contribution in [0.5, 0.6) is 11.5 Å². The van der Waals surface area contributed by atoms with Gasteiger partial charge in [0.05, 0.1) is 0 Å². The number of hydrazine groups is 2. The van der Waals surface area contributed by atoms with Crippen LogP contribution < -0.4 is 31.2 Å². The molecule has 0 atom stereocenters. The van der Waals surface area contributed by atoms with E-state index in [-0.39, 0.29) is 37.9 Å². The van der Waals surface area contributed by atoms with Crippen LogP contribution in [0.2, 0.25) is 0 Å². The van der Waals surface area contributed by atoms with E-state index in [1.807, 2.05) is 38.1 Å². The Morgan fingerprint density at radius 3 is 1.33 bits per heavy atom. The minimum absolute atomic E-state index is 0.209. The number of unbranched alkanes of at least 4 members (excludes halogenated alkanes) is 4. The number of hydrogen-bond donors (Lipinski definition) is 4. The molecule has 2 aromatic rings. The zero-order chi connectivity index (χ0) is 28.6. The van der Waals surface area contributed by atoms with E-state index in [2.05, 4.69) is 53.6 Å². The van der Waals surface area contributed by atoms with Gasteiger partial charge >= 0.3 is 0 Å². The Hall–Kier alpha value is -3.12. The maximum atomic E-state index is 11.9. The molecule has 39 heavy (non-hydrogen) atoms. The number of aryl methyl sites for hydroxylation is 2. The van der Waals surface area contributed by atoms with Crippen molar-refractivity contribution in [2.45, 2.75) is 58.8 Å². The van der Waals surface area contributed by atoms with Crippen LogP contribution in [0.25, 0.3) is 0 Å². The van der Waals surface area contributed by atoms with Crippen molar-refractivity contribution in [1.82, 2.24) is 21.7 Å².